The van der Waals surface area contributed by atoms with Crippen molar-refractivity contribution in [2.24, 2.45) is 0 Å². The molecule has 0 bridgehead atoms. The Bertz CT molecular complexity index is 1120. The van der Waals surface area contributed by atoms with Crippen molar-refractivity contribution in [1.29, 1.82) is 0 Å². The first-order valence-corrected chi connectivity index (χ1v) is 9.37. The molecule has 0 atom stereocenters. The molecule has 0 saturated carbocycles. The number of benzene rings is 1. The van der Waals surface area contributed by atoms with Crippen LogP contribution in [0.15, 0.2) is 42.6 Å². The monoisotopic (exact) mass is 390 g/mol. The van der Waals surface area contributed by atoms with Gasteiger partial charge in [-0.1, -0.05) is 18.2 Å². The van der Waals surface area contributed by atoms with Crippen LogP contribution in [0.1, 0.15) is 22.4 Å². The third-order valence-corrected chi connectivity index (χ3v) is 5.00. The standard InChI is InChI=1S/C22H22N4O3/c1-14-17-5-3-4-6-18(17)24-19(14)11-26(2)21(28)8-7-15-9-16-12-29-13-20(27)25-22(16)23-10-15/h3-10,24H,11-13H2,1-2H3,(H,23,25,27). The summed E-state index contributed by atoms with van der Waals surface area (Å²) in [6.07, 6.45) is 4.87. The highest BCUT2D eigenvalue weighted by Crippen LogP contribution is 2.22. The third kappa shape index (κ3) is 4.05. The van der Waals surface area contributed by atoms with Gasteiger partial charge in [0.25, 0.3) is 5.91 Å². The minimum absolute atomic E-state index is 0.0119. The predicted molar refractivity (Wildman–Crippen MR) is 111 cm³/mol. The Labute approximate surface area is 168 Å². The summed E-state index contributed by atoms with van der Waals surface area (Å²) in [6, 6.07) is 9.97. The summed E-state index contributed by atoms with van der Waals surface area (Å²) in [5.74, 6) is 0.175. The Morgan fingerprint density at radius 1 is 1.31 bits per heavy atom. The van der Waals surface area contributed by atoms with E-state index in [0.717, 1.165) is 27.9 Å². The zero-order chi connectivity index (χ0) is 20.4. The number of aromatic amines is 1. The van der Waals surface area contributed by atoms with Crippen LogP contribution in [0.5, 0.6) is 0 Å². The Morgan fingerprint density at radius 3 is 2.97 bits per heavy atom. The van der Waals surface area contributed by atoms with Gasteiger partial charge in [-0.3, -0.25) is 9.59 Å². The number of likely N-dealkylation sites (N-methyl/N-ethyl adjacent to an activating group) is 1. The summed E-state index contributed by atoms with van der Waals surface area (Å²) in [5.41, 5.74) is 4.80. The number of hydrogen-bond acceptors (Lipinski definition) is 4. The number of pyridine rings is 1. The molecule has 2 N–H and O–H groups in total. The number of hydrogen-bond donors (Lipinski definition) is 2. The average Bonchev–Trinajstić information content (AvgIpc) is 2.90. The van der Waals surface area contributed by atoms with E-state index in [9.17, 15) is 9.59 Å². The smallest absolute Gasteiger partial charge is 0.251 e. The first-order chi connectivity index (χ1) is 14.0. The van der Waals surface area contributed by atoms with Crippen LogP contribution < -0.4 is 5.32 Å². The lowest BCUT2D eigenvalue weighted by atomic mass is 10.1. The van der Waals surface area contributed by atoms with Crippen LogP contribution >= 0.6 is 0 Å². The fraction of sp³-hybridized carbons (Fsp3) is 0.227. The van der Waals surface area contributed by atoms with E-state index < -0.39 is 0 Å². The fourth-order valence-electron chi connectivity index (χ4n) is 3.37. The summed E-state index contributed by atoms with van der Waals surface area (Å²) in [5, 5.41) is 3.87. The van der Waals surface area contributed by atoms with Crippen LogP contribution in [0.25, 0.3) is 17.0 Å². The first kappa shape index (κ1) is 18.9. The van der Waals surface area contributed by atoms with E-state index in [4.69, 9.17) is 4.74 Å². The number of amides is 2. The summed E-state index contributed by atoms with van der Waals surface area (Å²) >= 11 is 0. The summed E-state index contributed by atoms with van der Waals surface area (Å²) in [6.45, 7) is 2.87. The van der Waals surface area contributed by atoms with E-state index in [1.165, 1.54) is 11.5 Å². The van der Waals surface area contributed by atoms with Crippen LogP contribution in [0.2, 0.25) is 0 Å². The summed E-state index contributed by atoms with van der Waals surface area (Å²) in [7, 11) is 1.77. The van der Waals surface area contributed by atoms with Gasteiger partial charge < -0.3 is 19.9 Å². The van der Waals surface area contributed by atoms with Crippen molar-refractivity contribution in [2.45, 2.75) is 20.1 Å². The number of anilines is 1. The number of rotatable bonds is 4. The highest BCUT2D eigenvalue weighted by Gasteiger charge is 2.15. The topological polar surface area (TPSA) is 87.3 Å². The average molecular weight is 390 g/mol. The maximum Gasteiger partial charge on any atom is 0.251 e. The molecule has 0 unspecified atom stereocenters. The third-order valence-electron chi connectivity index (χ3n) is 5.00. The van der Waals surface area contributed by atoms with E-state index in [0.29, 0.717) is 19.0 Å². The number of carbonyl (C=O) groups excluding carboxylic acids is 2. The van der Waals surface area contributed by atoms with Crippen LogP contribution in [-0.4, -0.2) is 40.3 Å². The van der Waals surface area contributed by atoms with Gasteiger partial charge in [0.05, 0.1) is 13.2 Å². The summed E-state index contributed by atoms with van der Waals surface area (Å²) < 4.78 is 5.30. The SMILES string of the molecule is Cc1c(CN(C)C(=O)C=Cc2cnc3c(c2)COCC(=O)N3)[nH]c2ccccc12. The van der Waals surface area contributed by atoms with E-state index in [2.05, 4.69) is 28.3 Å². The van der Waals surface area contributed by atoms with Gasteiger partial charge in [0.2, 0.25) is 5.91 Å². The van der Waals surface area contributed by atoms with Crippen molar-refractivity contribution >= 4 is 34.6 Å². The quantitative estimate of drug-likeness (QED) is 0.671. The maximum absolute atomic E-state index is 12.6. The van der Waals surface area contributed by atoms with Gasteiger partial charge in [0, 0.05) is 41.5 Å². The Hall–Kier alpha value is -3.45. The van der Waals surface area contributed by atoms with E-state index in [1.54, 1.807) is 24.2 Å². The van der Waals surface area contributed by atoms with E-state index in [1.807, 2.05) is 24.3 Å². The number of nitrogens with one attached hydrogen (secondary N) is 2. The second-order valence-corrected chi connectivity index (χ2v) is 7.12. The maximum atomic E-state index is 12.6. The zero-order valence-electron chi connectivity index (χ0n) is 16.4. The van der Waals surface area contributed by atoms with Crippen molar-refractivity contribution in [1.82, 2.24) is 14.9 Å². The highest BCUT2D eigenvalue weighted by molar-refractivity contribution is 5.93. The molecule has 2 aromatic heterocycles. The molecule has 0 radical (unpaired) electrons. The lowest BCUT2D eigenvalue weighted by Crippen LogP contribution is -2.24. The fourth-order valence-corrected chi connectivity index (χ4v) is 3.37. The molecule has 0 fully saturated rings. The van der Waals surface area contributed by atoms with E-state index in [-0.39, 0.29) is 18.4 Å². The molecule has 3 aromatic rings. The van der Waals surface area contributed by atoms with Crippen molar-refractivity contribution in [3.63, 3.8) is 0 Å². The number of fused-ring (bicyclic) bond motifs is 2. The Balaban J connectivity index is 1.45. The van der Waals surface area contributed by atoms with Gasteiger partial charge in [-0.05, 0) is 36.3 Å². The van der Waals surface area contributed by atoms with Gasteiger partial charge in [0.15, 0.2) is 0 Å². The van der Waals surface area contributed by atoms with E-state index >= 15 is 0 Å². The van der Waals surface area contributed by atoms with Crippen LogP contribution in [0.3, 0.4) is 0 Å². The van der Waals surface area contributed by atoms with Gasteiger partial charge in [-0.25, -0.2) is 4.98 Å². The van der Waals surface area contributed by atoms with Crippen LogP contribution in [-0.2, 0) is 27.5 Å². The highest BCUT2D eigenvalue weighted by atomic mass is 16.5. The Kier molecular flexibility index (Phi) is 5.14. The molecule has 1 aliphatic rings. The van der Waals surface area contributed by atoms with Crippen molar-refractivity contribution in [2.75, 3.05) is 19.0 Å². The molecule has 7 heteroatoms. The molecule has 4 rings (SSSR count). The number of para-hydroxylation sites is 1. The number of aryl methyl sites for hydroxylation is 1. The molecule has 3 heterocycles. The number of aromatic nitrogens is 2. The largest absolute Gasteiger partial charge is 0.367 e. The minimum Gasteiger partial charge on any atom is -0.367 e. The molecule has 29 heavy (non-hydrogen) atoms. The normalized spacial score (nSPS) is 13.9. The van der Waals surface area contributed by atoms with Gasteiger partial charge in [0.1, 0.15) is 12.4 Å². The summed E-state index contributed by atoms with van der Waals surface area (Å²) in [4.78, 5) is 33.4. The van der Waals surface area contributed by atoms with Crippen LogP contribution in [0.4, 0.5) is 5.82 Å². The number of ether oxygens (including phenoxy) is 1. The molecule has 7 nitrogen and oxygen atoms in total. The second-order valence-electron chi connectivity index (χ2n) is 7.12. The van der Waals surface area contributed by atoms with Crippen LogP contribution in [0, 0.1) is 6.92 Å². The van der Waals surface area contributed by atoms with Gasteiger partial charge in [-0.15, -0.1) is 0 Å². The second kappa shape index (κ2) is 7.89. The molecule has 0 spiro atoms. The molecular formula is C22H22N4O3. The molecule has 1 aromatic carbocycles. The molecule has 148 valence electrons. The van der Waals surface area contributed by atoms with Crippen molar-refractivity contribution in [3.05, 3.63) is 65.0 Å². The Morgan fingerprint density at radius 2 is 2.14 bits per heavy atom. The molecule has 0 saturated heterocycles. The first-order valence-electron chi connectivity index (χ1n) is 9.37. The molecule has 2 amide bonds. The molecule has 0 aliphatic carbocycles. The zero-order valence-corrected chi connectivity index (χ0v) is 16.4. The molecular weight excluding hydrogens is 368 g/mol. The van der Waals surface area contributed by atoms with Gasteiger partial charge >= 0.3 is 0 Å². The predicted octanol–water partition coefficient (Wildman–Crippen LogP) is 3.01. The minimum atomic E-state index is -0.219. The lowest BCUT2D eigenvalue weighted by Gasteiger charge is -2.15. The number of nitrogens with zero attached hydrogens (tertiary/aromatic N) is 2. The van der Waals surface area contributed by atoms with Crippen molar-refractivity contribution < 1.29 is 14.3 Å². The van der Waals surface area contributed by atoms with Crippen molar-refractivity contribution in [3.8, 4) is 0 Å². The molecule has 1 aliphatic heterocycles. The number of carbonyl (C=O) groups is 2. The van der Waals surface area contributed by atoms with Gasteiger partial charge in [-0.2, -0.15) is 0 Å². The lowest BCUT2D eigenvalue weighted by molar-refractivity contribution is -0.125. The number of H-pyrrole nitrogens is 1.